The van der Waals surface area contributed by atoms with Crippen LogP contribution in [0.3, 0.4) is 0 Å². The molecule has 0 fully saturated rings. The monoisotopic (exact) mass is 275 g/mol. The molecule has 0 amide bonds. The molecule has 1 aromatic carbocycles. The Morgan fingerprint density at radius 2 is 1.90 bits per heavy atom. The predicted molar refractivity (Wildman–Crippen MR) is 84.3 cm³/mol. The molecular formula is C17H25NO2. The lowest BCUT2D eigenvalue weighted by atomic mass is 10.1. The molecule has 3 heteroatoms. The maximum absolute atomic E-state index is 10.1. The summed E-state index contributed by atoms with van der Waals surface area (Å²) in [5.74, 6) is 0.836. The number of ether oxygens (including phenoxy) is 1. The number of aliphatic hydroxyl groups is 1. The molecule has 1 atom stereocenters. The third-order valence-corrected chi connectivity index (χ3v) is 3.02. The van der Waals surface area contributed by atoms with Crippen LogP contribution in [0.5, 0.6) is 5.75 Å². The number of nitrogens with zero attached hydrogens (tertiary/aromatic N) is 1. The van der Waals surface area contributed by atoms with Crippen molar-refractivity contribution in [2.24, 2.45) is 0 Å². The van der Waals surface area contributed by atoms with E-state index in [9.17, 15) is 5.11 Å². The van der Waals surface area contributed by atoms with Gasteiger partial charge in [-0.25, -0.2) is 0 Å². The van der Waals surface area contributed by atoms with E-state index in [0.717, 1.165) is 30.0 Å². The molecule has 0 saturated heterocycles. The molecule has 1 unspecified atom stereocenters. The van der Waals surface area contributed by atoms with Gasteiger partial charge in [0.05, 0.1) is 0 Å². The molecule has 1 aromatic rings. The highest BCUT2D eigenvalue weighted by Gasteiger charge is 2.11. The van der Waals surface area contributed by atoms with Crippen molar-refractivity contribution in [1.29, 1.82) is 0 Å². The van der Waals surface area contributed by atoms with Gasteiger partial charge in [0, 0.05) is 19.6 Å². The van der Waals surface area contributed by atoms with Crippen molar-refractivity contribution < 1.29 is 9.84 Å². The molecule has 20 heavy (non-hydrogen) atoms. The van der Waals surface area contributed by atoms with E-state index in [4.69, 9.17) is 4.74 Å². The van der Waals surface area contributed by atoms with Gasteiger partial charge in [0.15, 0.2) is 0 Å². The molecule has 0 aliphatic carbocycles. The Morgan fingerprint density at radius 3 is 2.50 bits per heavy atom. The predicted octanol–water partition coefficient (Wildman–Crippen LogP) is 2.72. The van der Waals surface area contributed by atoms with E-state index < -0.39 is 6.10 Å². The summed E-state index contributed by atoms with van der Waals surface area (Å²) in [6, 6.07) is 6.07. The van der Waals surface area contributed by atoms with Crippen LogP contribution in [-0.4, -0.2) is 42.4 Å². The summed E-state index contributed by atoms with van der Waals surface area (Å²) >= 11 is 0. The van der Waals surface area contributed by atoms with E-state index in [0.29, 0.717) is 6.54 Å². The van der Waals surface area contributed by atoms with Crippen LogP contribution in [0, 0.1) is 13.8 Å². The van der Waals surface area contributed by atoms with Gasteiger partial charge in [-0.05, 0) is 31.0 Å². The minimum Gasteiger partial charge on any atom is -0.491 e. The maximum atomic E-state index is 10.1. The van der Waals surface area contributed by atoms with Crippen molar-refractivity contribution >= 4 is 0 Å². The van der Waals surface area contributed by atoms with Gasteiger partial charge in [-0.2, -0.15) is 0 Å². The zero-order valence-electron chi connectivity index (χ0n) is 12.5. The number of rotatable bonds is 9. The summed E-state index contributed by atoms with van der Waals surface area (Å²) < 4.78 is 5.71. The molecule has 0 heterocycles. The van der Waals surface area contributed by atoms with Crippen molar-refractivity contribution in [2.45, 2.75) is 20.0 Å². The third kappa shape index (κ3) is 5.59. The molecule has 3 nitrogen and oxygen atoms in total. The second kappa shape index (κ2) is 8.56. The summed E-state index contributed by atoms with van der Waals surface area (Å²) in [6.45, 7) is 13.8. The maximum Gasteiger partial charge on any atom is 0.122 e. The van der Waals surface area contributed by atoms with Crippen molar-refractivity contribution in [1.82, 2.24) is 4.90 Å². The van der Waals surface area contributed by atoms with Crippen LogP contribution in [0.4, 0.5) is 0 Å². The quantitative estimate of drug-likeness (QED) is 0.703. The van der Waals surface area contributed by atoms with Crippen LogP contribution in [0.1, 0.15) is 11.1 Å². The molecule has 0 bridgehead atoms. The summed E-state index contributed by atoms with van der Waals surface area (Å²) in [5, 5.41) is 10.1. The van der Waals surface area contributed by atoms with E-state index in [1.54, 1.807) is 0 Å². The second-order valence-electron chi connectivity index (χ2n) is 5.03. The number of aliphatic hydroxyl groups excluding tert-OH is 1. The fraction of sp³-hybridized carbons (Fsp3) is 0.412. The van der Waals surface area contributed by atoms with Crippen molar-refractivity contribution in [2.75, 3.05) is 26.2 Å². The van der Waals surface area contributed by atoms with Crippen LogP contribution in [0.2, 0.25) is 0 Å². The smallest absolute Gasteiger partial charge is 0.122 e. The van der Waals surface area contributed by atoms with Gasteiger partial charge >= 0.3 is 0 Å². The van der Waals surface area contributed by atoms with Crippen molar-refractivity contribution in [3.05, 3.63) is 54.6 Å². The SMILES string of the molecule is C=CCN(CC=C)CC(O)COc1cc(C)ccc1C. The van der Waals surface area contributed by atoms with Crippen molar-refractivity contribution in [3.8, 4) is 5.75 Å². The van der Waals surface area contributed by atoms with E-state index in [1.807, 2.05) is 38.1 Å². The first kappa shape index (κ1) is 16.5. The van der Waals surface area contributed by atoms with Crippen LogP contribution in [0.25, 0.3) is 0 Å². The minimum absolute atomic E-state index is 0.287. The van der Waals surface area contributed by atoms with E-state index in [2.05, 4.69) is 24.1 Å². The molecule has 1 N–H and O–H groups in total. The molecule has 0 saturated carbocycles. The number of hydrogen-bond donors (Lipinski definition) is 1. The van der Waals surface area contributed by atoms with Gasteiger partial charge in [-0.1, -0.05) is 24.3 Å². The first-order valence-corrected chi connectivity index (χ1v) is 6.89. The lowest BCUT2D eigenvalue weighted by molar-refractivity contribution is 0.0752. The molecule has 0 radical (unpaired) electrons. The fourth-order valence-electron chi connectivity index (χ4n) is 1.99. The number of benzene rings is 1. The zero-order chi connectivity index (χ0) is 15.0. The van der Waals surface area contributed by atoms with Gasteiger partial charge in [0.1, 0.15) is 18.5 Å². The third-order valence-electron chi connectivity index (χ3n) is 3.02. The normalized spacial score (nSPS) is 12.2. The Morgan fingerprint density at radius 1 is 1.25 bits per heavy atom. The Kier molecular flexibility index (Phi) is 7.05. The highest BCUT2D eigenvalue weighted by Crippen LogP contribution is 2.19. The molecular weight excluding hydrogens is 250 g/mol. The molecule has 0 aliphatic rings. The Balaban J connectivity index is 2.49. The molecule has 1 rings (SSSR count). The van der Waals surface area contributed by atoms with Gasteiger partial charge in [0.2, 0.25) is 0 Å². The molecule has 110 valence electrons. The van der Waals surface area contributed by atoms with Crippen LogP contribution in [0.15, 0.2) is 43.5 Å². The fourth-order valence-corrected chi connectivity index (χ4v) is 1.99. The number of aryl methyl sites for hydroxylation is 2. The molecule has 0 aromatic heterocycles. The van der Waals surface area contributed by atoms with E-state index in [-0.39, 0.29) is 6.61 Å². The molecule has 0 spiro atoms. The van der Waals surface area contributed by atoms with Gasteiger partial charge in [-0.15, -0.1) is 13.2 Å². The van der Waals surface area contributed by atoms with Crippen LogP contribution in [-0.2, 0) is 0 Å². The summed E-state index contributed by atoms with van der Waals surface area (Å²) in [5.41, 5.74) is 2.23. The topological polar surface area (TPSA) is 32.7 Å². The Bertz CT molecular complexity index is 433. The Hall–Kier alpha value is -1.58. The summed E-state index contributed by atoms with van der Waals surface area (Å²) in [4.78, 5) is 2.07. The second-order valence-corrected chi connectivity index (χ2v) is 5.03. The number of hydrogen-bond acceptors (Lipinski definition) is 3. The van der Waals surface area contributed by atoms with Gasteiger partial charge in [0.25, 0.3) is 0 Å². The van der Waals surface area contributed by atoms with E-state index >= 15 is 0 Å². The average Bonchev–Trinajstić information content (AvgIpc) is 2.40. The van der Waals surface area contributed by atoms with Crippen LogP contribution >= 0.6 is 0 Å². The lowest BCUT2D eigenvalue weighted by Crippen LogP contribution is -2.35. The summed E-state index contributed by atoms with van der Waals surface area (Å²) in [7, 11) is 0. The molecule has 0 aliphatic heterocycles. The Labute approximate surface area is 122 Å². The first-order chi connectivity index (χ1) is 9.56. The minimum atomic E-state index is -0.533. The van der Waals surface area contributed by atoms with E-state index in [1.165, 1.54) is 0 Å². The van der Waals surface area contributed by atoms with Gasteiger partial charge in [-0.3, -0.25) is 4.90 Å². The average molecular weight is 275 g/mol. The van der Waals surface area contributed by atoms with Gasteiger partial charge < -0.3 is 9.84 Å². The highest BCUT2D eigenvalue weighted by molar-refractivity contribution is 5.35. The van der Waals surface area contributed by atoms with Crippen molar-refractivity contribution in [3.63, 3.8) is 0 Å². The standard InChI is InChI=1S/C17H25NO2/c1-5-9-18(10-6-2)12-16(19)13-20-17-11-14(3)7-8-15(17)4/h5-8,11,16,19H,1-2,9-10,12-13H2,3-4H3. The zero-order valence-corrected chi connectivity index (χ0v) is 12.5. The first-order valence-electron chi connectivity index (χ1n) is 6.89. The van der Waals surface area contributed by atoms with Crippen LogP contribution < -0.4 is 4.74 Å². The largest absolute Gasteiger partial charge is 0.491 e. The lowest BCUT2D eigenvalue weighted by Gasteiger charge is -2.22. The highest BCUT2D eigenvalue weighted by atomic mass is 16.5. The summed E-state index contributed by atoms with van der Waals surface area (Å²) in [6.07, 6.45) is 3.11.